The highest BCUT2D eigenvalue weighted by atomic mass is 35.5. The first-order valence-electron chi connectivity index (χ1n) is 11.6. The third kappa shape index (κ3) is 5.44. The number of anilines is 1. The molecule has 4 rings (SSSR count). The second-order valence-corrected chi connectivity index (χ2v) is 10.3. The van der Waals surface area contributed by atoms with Crippen LogP contribution in [0.2, 0.25) is 5.02 Å². The van der Waals surface area contributed by atoms with Crippen molar-refractivity contribution in [2.45, 2.75) is 45.7 Å². The third-order valence-electron chi connectivity index (χ3n) is 5.88. The highest BCUT2D eigenvalue weighted by molar-refractivity contribution is 7.99. The molecular formula is C28H29ClN4OS. The fourth-order valence-corrected chi connectivity index (χ4v) is 4.97. The van der Waals surface area contributed by atoms with Crippen LogP contribution in [0.15, 0.2) is 65.8 Å². The van der Waals surface area contributed by atoms with Gasteiger partial charge in [0.2, 0.25) is 5.91 Å². The Morgan fingerprint density at radius 1 is 1.00 bits per heavy atom. The number of nitrogens with zero attached hydrogens (tertiary/aromatic N) is 3. The normalized spacial score (nSPS) is 11.2. The molecule has 0 aliphatic rings. The van der Waals surface area contributed by atoms with Crippen molar-refractivity contribution >= 4 is 35.0 Å². The molecule has 1 amide bonds. The fourth-order valence-electron chi connectivity index (χ4n) is 4.01. The van der Waals surface area contributed by atoms with E-state index in [2.05, 4.69) is 67.5 Å². The predicted molar refractivity (Wildman–Crippen MR) is 146 cm³/mol. The van der Waals surface area contributed by atoms with E-state index in [9.17, 15) is 4.79 Å². The molecule has 3 aromatic carbocycles. The van der Waals surface area contributed by atoms with Gasteiger partial charge < -0.3 is 5.32 Å². The molecule has 0 saturated carbocycles. The second kappa shape index (κ2) is 10.7. The predicted octanol–water partition coefficient (Wildman–Crippen LogP) is 7.37. The van der Waals surface area contributed by atoms with E-state index in [1.807, 2.05) is 47.9 Å². The average Bonchev–Trinajstić information content (AvgIpc) is 3.24. The summed E-state index contributed by atoms with van der Waals surface area (Å²) in [5, 5.41) is 13.3. The van der Waals surface area contributed by atoms with Crippen molar-refractivity contribution < 1.29 is 4.79 Å². The van der Waals surface area contributed by atoms with E-state index in [0.29, 0.717) is 21.9 Å². The smallest absolute Gasteiger partial charge is 0.234 e. The summed E-state index contributed by atoms with van der Waals surface area (Å²) in [6, 6.07) is 20.0. The number of carbonyl (C=O) groups excluding carboxylic acids is 1. The van der Waals surface area contributed by atoms with Crippen molar-refractivity contribution in [3.8, 4) is 17.1 Å². The van der Waals surface area contributed by atoms with E-state index in [0.717, 1.165) is 39.2 Å². The number of aryl methyl sites for hydroxylation is 3. The van der Waals surface area contributed by atoms with Crippen LogP contribution in [-0.4, -0.2) is 26.4 Å². The van der Waals surface area contributed by atoms with Crippen LogP contribution in [-0.2, 0) is 4.79 Å². The molecule has 0 radical (unpaired) electrons. The quantitative estimate of drug-likeness (QED) is 0.267. The molecule has 0 bridgehead atoms. The Hall–Kier alpha value is -3.09. The molecule has 0 fully saturated rings. The van der Waals surface area contributed by atoms with Crippen LogP contribution in [0.25, 0.3) is 17.1 Å². The largest absolute Gasteiger partial charge is 0.325 e. The van der Waals surface area contributed by atoms with E-state index in [-0.39, 0.29) is 11.7 Å². The zero-order valence-electron chi connectivity index (χ0n) is 20.6. The minimum Gasteiger partial charge on any atom is -0.325 e. The number of rotatable bonds is 7. The summed E-state index contributed by atoms with van der Waals surface area (Å²) in [6.07, 6.45) is 0. The lowest BCUT2D eigenvalue weighted by atomic mass is 9.98. The van der Waals surface area contributed by atoms with Gasteiger partial charge in [0.05, 0.1) is 16.5 Å². The van der Waals surface area contributed by atoms with E-state index in [1.54, 1.807) is 0 Å². The summed E-state index contributed by atoms with van der Waals surface area (Å²) < 4.78 is 1.99. The summed E-state index contributed by atoms with van der Waals surface area (Å²) in [7, 11) is 0. The molecule has 0 unspecified atom stereocenters. The molecule has 0 saturated heterocycles. The van der Waals surface area contributed by atoms with Gasteiger partial charge >= 0.3 is 0 Å². The maximum atomic E-state index is 13.0. The van der Waals surface area contributed by atoms with Gasteiger partial charge in [-0.3, -0.25) is 9.36 Å². The molecule has 4 aromatic rings. The summed E-state index contributed by atoms with van der Waals surface area (Å²) in [5.74, 6) is 1.08. The number of thioether (sulfide) groups is 1. The highest BCUT2D eigenvalue weighted by Gasteiger charge is 2.21. The molecule has 5 nitrogen and oxygen atoms in total. The van der Waals surface area contributed by atoms with Gasteiger partial charge in [0.15, 0.2) is 11.0 Å². The van der Waals surface area contributed by atoms with Crippen LogP contribution >= 0.6 is 23.4 Å². The van der Waals surface area contributed by atoms with Crippen molar-refractivity contribution in [3.05, 3.63) is 87.9 Å². The molecular weight excluding hydrogens is 476 g/mol. The number of amides is 1. The molecule has 0 atom stereocenters. The lowest BCUT2D eigenvalue weighted by Crippen LogP contribution is -2.17. The summed E-state index contributed by atoms with van der Waals surface area (Å²) >= 11 is 7.88. The molecule has 7 heteroatoms. The Kier molecular flexibility index (Phi) is 7.63. The first-order valence-corrected chi connectivity index (χ1v) is 12.9. The zero-order valence-corrected chi connectivity index (χ0v) is 22.2. The highest BCUT2D eigenvalue weighted by Crippen LogP contribution is 2.33. The zero-order chi connectivity index (χ0) is 25.1. The van der Waals surface area contributed by atoms with Gasteiger partial charge in [-0.15, -0.1) is 10.2 Å². The minimum absolute atomic E-state index is 0.0824. The van der Waals surface area contributed by atoms with Crippen LogP contribution in [0.1, 0.15) is 42.0 Å². The Morgan fingerprint density at radius 2 is 1.77 bits per heavy atom. The van der Waals surface area contributed by atoms with Crippen LogP contribution in [0, 0.1) is 20.8 Å². The maximum Gasteiger partial charge on any atom is 0.234 e. The van der Waals surface area contributed by atoms with Gasteiger partial charge in [-0.2, -0.15) is 0 Å². The lowest BCUT2D eigenvalue weighted by Gasteiger charge is -2.17. The Balaban J connectivity index is 1.67. The van der Waals surface area contributed by atoms with Gasteiger partial charge in [-0.05, 0) is 67.1 Å². The number of hydrogen-bond donors (Lipinski definition) is 1. The fraction of sp³-hybridized carbons (Fsp3) is 0.250. The van der Waals surface area contributed by atoms with Gasteiger partial charge in [0, 0.05) is 11.3 Å². The van der Waals surface area contributed by atoms with Crippen molar-refractivity contribution in [2.75, 3.05) is 11.1 Å². The number of benzene rings is 3. The van der Waals surface area contributed by atoms with Crippen molar-refractivity contribution in [3.63, 3.8) is 0 Å². The topological polar surface area (TPSA) is 59.8 Å². The second-order valence-electron chi connectivity index (χ2n) is 8.94. The summed E-state index contributed by atoms with van der Waals surface area (Å²) in [4.78, 5) is 13.0. The minimum atomic E-state index is -0.0824. The first kappa shape index (κ1) is 25.0. The van der Waals surface area contributed by atoms with Gasteiger partial charge in [0.1, 0.15) is 0 Å². The number of aromatic nitrogens is 3. The molecule has 1 aromatic heterocycles. The van der Waals surface area contributed by atoms with Gasteiger partial charge in [-0.1, -0.05) is 79.7 Å². The van der Waals surface area contributed by atoms with E-state index in [1.165, 1.54) is 11.8 Å². The first-order chi connectivity index (χ1) is 16.8. The average molecular weight is 505 g/mol. The Labute approximate surface area is 215 Å². The van der Waals surface area contributed by atoms with Gasteiger partial charge in [-0.25, -0.2) is 0 Å². The SMILES string of the molecule is Cc1ccc(C)c(-n2c(SCC(=O)Nc3c(C)cccc3C(C)C)nnc2-c2ccccc2Cl)c1. The number of hydrogen-bond acceptors (Lipinski definition) is 4. The van der Waals surface area contributed by atoms with E-state index < -0.39 is 0 Å². The van der Waals surface area contributed by atoms with E-state index >= 15 is 0 Å². The third-order valence-corrected chi connectivity index (χ3v) is 7.14. The van der Waals surface area contributed by atoms with Crippen molar-refractivity contribution in [2.24, 2.45) is 0 Å². The number of halogens is 1. The molecule has 35 heavy (non-hydrogen) atoms. The Bertz CT molecular complexity index is 1380. The van der Waals surface area contributed by atoms with E-state index in [4.69, 9.17) is 11.6 Å². The summed E-state index contributed by atoms with van der Waals surface area (Å²) in [6.45, 7) is 10.4. The molecule has 0 aliphatic heterocycles. The van der Waals surface area contributed by atoms with Crippen LogP contribution in [0.4, 0.5) is 5.69 Å². The van der Waals surface area contributed by atoms with Crippen LogP contribution < -0.4 is 5.32 Å². The van der Waals surface area contributed by atoms with Crippen LogP contribution in [0.3, 0.4) is 0 Å². The van der Waals surface area contributed by atoms with Crippen molar-refractivity contribution in [1.82, 2.24) is 14.8 Å². The molecule has 180 valence electrons. The maximum absolute atomic E-state index is 13.0. The van der Waals surface area contributed by atoms with Crippen molar-refractivity contribution in [1.29, 1.82) is 0 Å². The standard InChI is InChI=1S/C28H29ClN4OS/c1-17(2)21-11-8-9-20(5)26(21)30-25(34)16-35-28-32-31-27(22-10-6-7-12-23(22)29)33(28)24-15-18(3)13-14-19(24)4/h6-15,17H,16H2,1-5H3,(H,30,34). The molecule has 0 aliphatic carbocycles. The monoisotopic (exact) mass is 504 g/mol. The number of carbonyl (C=O) groups is 1. The lowest BCUT2D eigenvalue weighted by molar-refractivity contribution is -0.113. The molecule has 0 spiro atoms. The number of nitrogens with one attached hydrogen (secondary N) is 1. The summed E-state index contributed by atoms with van der Waals surface area (Å²) in [5.41, 5.74) is 7.03. The van der Waals surface area contributed by atoms with Gasteiger partial charge in [0.25, 0.3) is 0 Å². The Morgan fingerprint density at radius 3 is 2.51 bits per heavy atom. The number of para-hydroxylation sites is 1. The molecule has 1 heterocycles. The molecule has 1 N–H and O–H groups in total. The van der Waals surface area contributed by atoms with Crippen LogP contribution in [0.5, 0.6) is 0 Å².